The van der Waals surface area contributed by atoms with Crippen LogP contribution in [0.2, 0.25) is 0 Å². The molecule has 0 saturated carbocycles. The molecule has 3 atom stereocenters. The summed E-state index contributed by atoms with van der Waals surface area (Å²) in [5, 5.41) is 6.76. The number of hydrogen-bond acceptors (Lipinski definition) is 6. The topological polar surface area (TPSA) is 58.0 Å². The third-order valence-electron chi connectivity index (χ3n) is 7.51. The highest BCUT2D eigenvalue weighted by molar-refractivity contribution is 7.10. The van der Waals surface area contributed by atoms with Crippen molar-refractivity contribution in [2.45, 2.75) is 56.8 Å². The fourth-order valence-electron chi connectivity index (χ4n) is 5.31. The minimum Gasteiger partial charge on any atom is -0.387 e. The minimum atomic E-state index is -4.23. The Morgan fingerprint density at radius 2 is 1.89 bits per heavy atom. The molecule has 5 rings (SSSR count). The van der Waals surface area contributed by atoms with E-state index in [1.807, 2.05) is 5.38 Å². The molecule has 37 heavy (non-hydrogen) atoms. The summed E-state index contributed by atoms with van der Waals surface area (Å²) in [6.45, 7) is 2.64. The molecule has 0 N–H and O–H groups in total. The summed E-state index contributed by atoms with van der Waals surface area (Å²) < 4.78 is 67.4. The molecular formula is C25H27F5N4O2S. The molecule has 0 aliphatic carbocycles. The van der Waals surface area contributed by atoms with E-state index in [1.165, 1.54) is 29.5 Å². The number of piperidine rings is 1. The fraction of sp³-hybridized carbons (Fsp3) is 0.560. The van der Waals surface area contributed by atoms with Crippen molar-refractivity contribution in [3.05, 3.63) is 51.5 Å². The molecule has 1 aromatic carbocycles. The number of aromatic nitrogens is 1. The lowest BCUT2D eigenvalue weighted by atomic mass is 9.97. The number of benzene rings is 1. The molecule has 200 valence electrons. The number of likely N-dealkylation sites (tertiary alicyclic amines) is 2. The Morgan fingerprint density at radius 1 is 1.19 bits per heavy atom. The second-order valence-corrected chi connectivity index (χ2v) is 10.8. The van der Waals surface area contributed by atoms with Crippen LogP contribution in [0.4, 0.5) is 22.0 Å². The van der Waals surface area contributed by atoms with Gasteiger partial charge < -0.3 is 9.74 Å². The summed E-state index contributed by atoms with van der Waals surface area (Å²) in [6, 6.07) is 3.39. The van der Waals surface area contributed by atoms with E-state index in [4.69, 9.17) is 4.84 Å². The summed E-state index contributed by atoms with van der Waals surface area (Å²) in [5.74, 6) is -2.74. The monoisotopic (exact) mass is 542 g/mol. The maximum Gasteiger partial charge on any atom is 0.393 e. The van der Waals surface area contributed by atoms with Crippen LogP contribution in [0.25, 0.3) is 0 Å². The lowest BCUT2D eigenvalue weighted by Gasteiger charge is -2.33. The van der Waals surface area contributed by atoms with Gasteiger partial charge in [0.2, 0.25) is 5.91 Å². The van der Waals surface area contributed by atoms with E-state index in [9.17, 15) is 26.7 Å². The summed E-state index contributed by atoms with van der Waals surface area (Å²) in [6.07, 6.45) is -3.45. The molecule has 3 unspecified atom stereocenters. The first-order chi connectivity index (χ1) is 17.6. The van der Waals surface area contributed by atoms with Crippen LogP contribution in [0.5, 0.6) is 0 Å². The highest BCUT2D eigenvalue weighted by Crippen LogP contribution is 2.37. The number of halogens is 5. The van der Waals surface area contributed by atoms with Crippen molar-refractivity contribution in [2.75, 3.05) is 26.2 Å². The third kappa shape index (κ3) is 5.50. The van der Waals surface area contributed by atoms with Gasteiger partial charge in [-0.05, 0) is 38.3 Å². The molecule has 3 aliphatic heterocycles. The standard InChI is InChI=1S/C25H27F5N4O2S/c1-14-9-16(25(28,29)30)11-34(14)12-22(35)33-7-5-15(6-8-33)24-31-20(13-37-24)19-10-21(36-32-19)23-17(26)3-2-4-18(23)27/h2-4,13-16,21H,5-12H2,1H3. The molecule has 1 amide bonds. The van der Waals surface area contributed by atoms with Crippen LogP contribution in [0.15, 0.2) is 28.7 Å². The number of carbonyl (C=O) groups is 1. The number of rotatable bonds is 5. The molecule has 0 spiro atoms. The molecule has 1 aromatic heterocycles. The zero-order valence-corrected chi connectivity index (χ0v) is 21.0. The Morgan fingerprint density at radius 3 is 2.54 bits per heavy atom. The summed E-state index contributed by atoms with van der Waals surface area (Å²) in [4.78, 5) is 26.1. The summed E-state index contributed by atoms with van der Waals surface area (Å²) in [5.41, 5.74) is 0.991. The predicted molar refractivity (Wildman–Crippen MR) is 127 cm³/mol. The number of thiazole rings is 1. The summed E-state index contributed by atoms with van der Waals surface area (Å²) in [7, 11) is 0. The normalized spacial score (nSPS) is 25.4. The number of hydrogen-bond donors (Lipinski definition) is 0. The van der Waals surface area contributed by atoms with Gasteiger partial charge in [-0.3, -0.25) is 9.69 Å². The molecule has 6 nitrogen and oxygen atoms in total. The van der Waals surface area contributed by atoms with Gasteiger partial charge in [-0.15, -0.1) is 11.3 Å². The van der Waals surface area contributed by atoms with Crippen LogP contribution < -0.4 is 0 Å². The van der Waals surface area contributed by atoms with Crippen LogP contribution in [0.1, 0.15) is 60.9 Å². The largest absolute Gasteiger partial charge is 0.393 e. The van der Waals surface area contributed by atoms with E-state index in [0.717, 1.165) is 5.01 Å². The number of amides is 1. The van der Waals surface area contributed by atoms with Crippen LogP contribution >= 0.6 is 11.3 Å². The van der Waals surface area contributed by atoms with Crippen LogP contribution in [0.3, 0.4) is 0 Å². The number of carbonyl (C=O) groups excluding carboxylic acids is 1. The van der Waals surface area contributed by atoms with Gasteiger partial charge in [0.25, 0.3) is 0 Å². The Hall–Kier alpha value is -2.60. The predicted octanol–water partition coefficient (Wildman–Crippen LogP) is 5.27. The average Bonchev–Trinajstić information content (AvgIpc) is 3.59. The highest BCUT2D eigenvalue weighted by Gasteiger charge is 2.46. The first-order valence-electron chi connectivity index (χ1n) is 12.3. The molecule has 2 aromatic rings. The van der Waals surface area contributed by atoms with Crippen molar-refractivity contribution in [3.8, 4) is 0 Å². The van der Waals surface area contributed by atoms with E-state index in [1.54, 1.807) is 16.7 Å². The Kier molecular flexibility index (Phi) is 7.23. The molecule has 2 saturated heterocycles. The molecule has 12 heteroatoms. The lowest BCUT2D eigenvalue weighted by molar-refractivity contribution is -0.171. The van der Waals surface area contributed by atoms with Crippen molar-refractivity contribution in [1.29, 1.82) is 0 Å². The van der Waals surface area contributed by atoms with Crippen LogP contribution in [-0.2, 0) is 9.63 Å². The van der Waals surface area contributed by atoms with Gasteiger partial charge in [0.15, 0.2) is 6.10 Å². The van der Waals surface area contributed by atoms with Crippen molar-refractivity contribution in [1.82, 2.24) is 14.8 Å². The van der Waals surface area contributed by atoms with Crippen LogP contribution in [-0.4, -0.2) is 64.8 Å². The maximum atomic E-state index is 14.1. The van der Waals surface area contributed by atoms with Gasteiger partial charge in [0.1, 0.15) is 17.3 Å². The van der Waals surface area contributed by atoms with Gasteiger partial charge in [-0.1, -0.05) is 11.2 Å². The molecular weight excluding hydrogens is 515 g/mol. The Labute approximate surface area is 215 Å². The second-order valence-electron chi connectivity index (χ2n) is 9.95. The third-order valence-corrected chi connectivity index (χ3v) is 8.52. The fourth-order valence-corrected chi connectivity index (χ4v) is 6.32. The molecule has 0 radical (unpaired) electrons. The van der Waals surface area contributed by atoms with E-state index < -0.39 is 29.8 Å². The van der Waals surface area contributed by atoms with Crippen LogP contribution in [0, 0.1) is 17.6 Å². The Balaban J connectivity index is 1.13. The van der Waals surface area contributed by atoms with Gasteiger partial charge in [0, 0.05) is 43.4 Å². The molecule has 4 heterocycles. The lowest BCUT2D eigenvalue weighted by Crippen LogP contribution is -2.45. The smallest absolute Gasteiger partial charge is 0.387 e. The zero-order valence-electron chi connectivity index (χ0n) is 20.2. The van der Waals surface area contributed by atoms with Gasteiger partial charge in [-0.2, -0.15) is 13.2 Å². The number of alkyl halides is 3. The summed E-state index contributed by atoms with van der Waals surface area (Å²) >= 11 is 1.47. The van der Waals surface area contributed by atoms with Gasteiger partial charge in [0.05, 0.1) is 28.7 Å². The first-order valence-corrected chi connectivity index (χ1v) is 13.2. The maximum absolute atomic E-state index is 14.1. The quantitative estimate of drug-likeness (QED) is 0.484. The van der Waals surface area contributed by atoms with Crippen molar-refractivity contribution >= 4 is 23.0 Å². The number of oxime groups is 1. The van der Waals surface area contributed by atoms with E-state index in [2.05, 4.69) is 10.1 Å². The SMILES string of the molecule is CC1CC(C(F)(F)F)CN1CC(=O)N1CCC(c2nc(C3=NOC(c4c(F)cccc4F)C3)cs2)CC1. The first kappa shape index (κ1) is 26.0. The van der Waals surface area contributed by atoms with Gasteiger partial charge in [-0.25, -0.2) is 13.8 Å². The van der Waals surface area contributed by atoms with Crippen molar-refractivity contribution in [3.63, 3.8) is 0 Å². The van der Waals surface area contributed by atoms with Crippen molar-refractivity contribution < 1.29 is 31.6 Å². The van der Waals surface area contributed by atoms with E-state index >= 15 is 0 Å². The highest BCUT2D eigenvalue weighted by atomic mass is 32.1. The minimum absolute atomic E-state index is 0.00338. The average molecular weight is 543 g/mol. The molecule has 3 aliphatic rings. The van der Waals surface area contributed by atoms with Gasteiger partial charge >= 0.3 is 6.18 Å². The zero-order chi connectivity index (χ0) is 26.3. The molecule has 2 fully saturated rings. The van der Waals surface area contributed by atoms with E-state index in [0.29, 0.717) is 37.3 Å². The van der Waals surface area contributed by atoms with Crippen molar-refractivity contribution in [2.24, 2.45) is 11.1 Å². The Bertz CT molecular complexity index is 1160. The second kappa shape index (κ2) is 10.3. The number of nitrogens with zero attached hydrogens (tertiary/aromatic N) is 4. The van der Waals surface area contributed by atoms with E-state index in [-0.39, 0.29) is 49.4 Å². The molecule has 0 bridgehead atoms.